The van der Waals surface area contributed by atoms with Crippen molar-refractivity contribution in [1.82, 2.24) is 0 Å². The fourth-order valence-electron chi connectivity index (χ4n) is 8.64. The SMILES string of the molecule is C[C@]12CC[C@@H]3[C@H](CC[C@@]4(O)C[C@H](OC(=O)CCl)CC[C@]34C=O)[C@@]1(O)CC[C@H]2C1=CC(=O)OC1. The highest BCUT2D eigenvalue weighted by Gasteiger charge is 2.71. The van der Waals surface area contributed by atoms with Crippen LogP contribution in [0.2, 0.25) is 0 Å². The fraction of sp³-hybridized carbons (Fsp3) is 0.800. The summed E-state index contributed by atoms with van der Waals surface area (Å²) in [6, 6.07) is 0. The third kappa shape index (κ3) is 3.11. The molecule has 4 aliphatic carbocycles. The first-order chi connectivity index (χ1) is 15.6. The molecule has 0 bridgehead atoms. The van der Waals surface area contributed by atoms with Crippen molar-refractivity contribution in [3.63, 3.8) is 0 Å². The molecule has 5 aliphatic rings. The van der Waals surface area contributed by atoms with E-state index < -0.39 is 34.1 Å². The number of hydrogen-bond donors (Lipinski definition) is 2. The van der Waals surface area contributed by atoms with Crippen LogP contribution in [0.25, 0.3) is 0 Å². The fourth-order valence-corrected chi connectivity index (χ4v) is 8.70. The lowest BCUT2D eigenvalue weighted by atomic mass is 9.41. The average molecular weight is 481 g/mol. The normalized spacial score (nSPS) is 48.7. The molecule has 0 radical (unpaired) electrons. The molecular weight excluding hydrogens is 448 g/mol. The van der Waals surface area contributed by atoms with Gasteiger partial charge in [-0.05, 0) is 74.7 Å². The molecule has 0 aromatic carbocycles. The lowest BCUT2D eigenvalue weighted by molar-refractivity contribution is -0.249. The molecule has 33 heavy (non-hydrogen) atoms. The van der Waals surface area contributed by atoms with Crippen LogP contribution >= 0.6 is 11.6 Å². The minimum absolute atomic E-state index is 0.0774. The number of halogens is 1. The van der Waals surface area contributed by atoms with Crippen molar-refractivity contribution in [2.75, 3.05) is 12.5 Å². The van der Waals surface area contributed by atoms with Gasteiger partial charge < -0.3 is 24.5 Å². The molecule has 0 saturated heterocycles. The van der Waals surface area contributed by atoms with Crippen LogP contribution in [0.15, 0.2) is 11.6 Å². The molecule has 0 unspecified atom stereocenters. The highest BCUT2D eigenvalue weighted by molar-refractivity contribution is 6.26. The van der Waals surface area contributed by atoms with Gasteiger partial charge in [0.05, 0.1) is 16.6 Å². The van der Waals surface area contributed by atoms with E-state index in [-0.39, 0.29) is 36.0 Å². The molecule has 0 aromatic rings. The molecule has 4 saturated carbocycles. The Balaban J connectivity index is 1.44. The summed E-state index contributed by atoms with van der Waals surface area (Å²) < 4.78 is 10.6. The Kier molecular flexibility index (Phi) is 5.50. The van der Waals surface area contributed by atoms with Crippen LogP contribution in [0.1, 0.15) is 64.7 Å². The zero-order valence-electron chi connectivity index (χ0n) is 19.1. The summed E-state index contributed by atoms with van der Waals surface area (Å²) in [6.07, 6.45) is 7.07. The van der Waals surface area contributed by atoms with Crippen molar-refractivity contribution in [2.24, 2.45) is 28.6 Å². The molecule has 8 heteroatoms. The second kappa shape index (κ2) is 7.79. The monoisotopic (exact) mass is 480 g/mol. The lowest BCUT2D eigenvalue weighted by Gasteiger charge is -2.65. The van der Waals surface area contributed by atoms with E-state index in [1.165, 1.54) is 0 Å². The van der Waals surface area contributed by atoms with E-state index in [1.807, 2.05) is 0 Å². The number of ether oxygens (including phenoxy) is 2. The number of rotatable bonds is 4. The van der Waals surface area contributed by atoms with E-state index >= 15 is 0 Å². The quantitative estimate of drug-likeness (QED) is 0.361. The van der Waals surface area contributed by atoms with E-state index in [2.05, 4.69) is 6.92 Å². The number of alkyl halides is 1. The minimum Gasteiger partial charge on any atom is -0.461 e. The maximum atomic E-state index is 12.7. The van der Waals surface area contributed by atoms with Crippen LogP contribution in [0, 0.1) is 28.6 Å². The predicted molar refractivity (Wildman–Crippen MR) is 118 cm³/mol. The van der Waals surface area contributed by atoms with Crippen molar-refractivity contribution < 1.29 is 34.1 Å². The molecular formula is C25H33ClO7. The van der Waals surface area contributed by atoms with Gasteiger partial charge in [0.25, 0.3) is 0 Å². The number of carbonyl (C=O) groups is 3. The molecule has 8 atom stereocenters. The molecule has 1 aliphatic heterocycles. The zero-order chi connectivity index (χ0) is 23.6. The van der Waals surface area contributed by atoms with Gasteiger partial charge in [-0.2, -0.15) is 0 Å². The molecule has 4 fully saturated rings. The lowest BCUT2D eigenvalue weighted by Crippen LogP contribution is -2.69. The van der Waals surface area contributed by atoms with Gasteiger partial charge in [-0.1, -0.05) is 6.92 Å². The topological polar surface area (TPSA) is 110 Å². The van der Waals surface area contributed by atoms with Crippen molar-refractivity contribution in [3.05, 3.63) is 11.6 Å². The summed E-state index contributed by atoms with van der Waals surface area (Å²) in [5, 5.41) is 24.0. The van der Waals surface area contributed by atoms with Crippen LogP contribution in [0.3, 0.4) is 0 Å². The summed E-state index contributed by atoms with van der Waals surface area (Å²) in [5.74, 6) is -1.22. The largest absolute Gasteiger partial charge is 0.461 e. The summed E-state index contributed by atoms with van der Waals surface area (Å²) >= 11 is 5.58. The number of aldehydes is 1. The van der Waals surface area contributed by atoms with E-state index in [0.717, 1.165) is 31.1 Å². The van der Waals surface area contributed by atoms with Crippen LogP contribution in [0.4, 0.5) is 0 Å². The van der Waals surface area contributed by atoms with Gasteiger partial charge in [-0.3, -0.25) is 4.79 Å². The van der Waals surface area contributed by atoms with Gasteiger partial charge in [0.1, 0.15) is 24.9 Å². The Morgan fingerprint density at radius 3 is 2.61 bits per heavy atom. The zero-order valence-corrected chi connectivity index (χ0v) is 19.8. The van der Waals surface area contributed by atoms with Gasteiger partial charge in [-0.15, -0.1) is 11.6 Å². The smallest absolute Gasteiger partial charge is 0.331 e. The molecule has 1 heterocycles. The van der Waals surface area contributed by atoms with E-state index in [4.69, 9.17) is 21.1 Å². The number of aliphatic hydroxyl groups is 2. The summed E-state index contributed by atoms with van der Waals surface area (Å²) in [7, 11) is 0. The number of carbonyl (C=O) groups excluding carboxylic acids is 3. The Morgan fingerprint density at radius 2 is 1.94 bits per heavy atom. The first-order valence-corrected chi connectivity index (χ1v) is 12.7. The molecule has 0 aromatic heterocycles. The summed E-state index contributed by atoms with van der Waals surface area (Å²) in [6.45, 7) is 2.42. The third-order valence-corrected chi connectivity index (χ3v) is 10.5. The number of fused-ring (bicyclic) bond motifs is 5. The maximum absolute atomic E-state index is 12.7. The molecule has 2 N–H and O–H groups in total. The number of hydrogen-bond acceptors (Lipinski definition) is 7. The van der Waals surface area contributed by atoms with E-state index in [1.54, 1.807) is 6.08 Å². The van der Waals surface area contributed by atoms with Crippen molar-refractivity contribution in [1.29, 1.82) is 0 Å². The summed E-state index contributed by atoms with van der Waals surface area (Å²) in [4.78, 5) is 36.1. The number of cyclic esters (lactones) is 1. The Labute approximate surface area is 198 Å². The maximum Gasteiger partial charge on any atom is 0.331 e. The van der Waals surface area contributed by atoms with Crippen LogP contribution < -0.4 is 0 Å². The second-order valence-electron chi connectivity index (χ2n) is 11.2. The summed E-state index contributed by atoms with van der Waals surface area (Å²) in [5.41, 5.74) is -2.62. The van der Waals surface area contributed by atoms with Crippen molar-refractivity contribution >= 4 is 29.8 Å². The Bertz CT molecular complexity index is 903. The highest BCUT2D eigenvalue weighted by Crippen LogP contribution is 2.70. The van der Waals surface area contributed by atoms with Gasteiger partial charge in [-0.25, -0.2) is 4.79 Å². The van der Waals surface area contributed by atoms with Gasteiger partial charge in [0, 0.05) is 17.9 Å². The standard InChI is InChI=1S/C25H33ClO7/c1-22-6-3-18-19(25(22,31)9-5-17(22)15-10-20(28)32-13-15)4-8-24(30)11-16(33-21(29)12-26)2-7-23(18,24)14-27/h10,14,16-19,30-31H,2-9,11-13H2,1H3/t16-,17+,18-,19+,22-,23+,24-,25+/m1/s1. The molecule has 7 nitrogen and oxygen atoms in total. The van der Waals surface area contributed by atoms with Gasteiger partial charge >= 0.3 is 11.9 Å². The Morgan fingerprint density at radius 1 is 1.18 bits per heavy atom. The first kappa shape index (κ1) is 23.3. The van der Waals surface area contributed by atoms with E-state index in [9.17, 15) is 24.6 Å². The van der Waals surface area contributed by atoms with E-state index in [0.29, 0.717) is 38.7 Å². The van der Waals surface area contributed by atoms with Crippen LogP contribution in [-0.4, -0.2) is 58.2 Å². The van der Waals surface area contributed by atoms with Crippen molar-refractivity contribution in [2.45, 2.75) is 82.0 Å². The molecule has 0 amide bonds. The molecule has 5 rings (SSSR count). The predicted octanol–water partition coefficient (Wildman–Crippen LogP) is 2.69. The van der Waals surface area contributed by atoms with Gasteiger partial charge in [0.2, 0.25) is 0 Å². The van der Waals surface area contributed by atoms with Gasteiger partial charge in [0.15, 0.2) is 0 Å². The molecule has 0 spiro atoms. The molecule has 182 valence electrons. The number of esters is 2. The van der Waals surface area contributed by atoms with Crippen molar-refractivity contribution in [3.8, 4) is 0 Å². The van der Waals surface area contributed by atoms with Crippen LogP contribution in [-0.2, 0) is 23.9 Å². The Hall–Kier alpha value is -1.44. The minimum atomic E-state index is -1.26. The third-order valence-electron chi connectivity index (χ3n) is 10.2. The second-order valence-corrected chi connectivity index (χ2v) is 11.5. The van der Waals surface area contributed by atoms with Crippen LogP contribution in [0.5, 0.6) is 0 Å². The first-order valence-electron chi connectivity index (χ1n) is 12.2. The average Bonchev–Trinajstić information content (AvgIpc) is 3.33. The highest BCUT2D eigenvalue weighted by atomic mass is 35.5.